The number of hydrogen-bond donors (Lipinski definition) is 1. The number of carbonyl (C=O) groups excluding carboxylic acids is 1. The lowest BCUT2D eigenvalue weighted by molar-refractivity contribution is -0.152. The van der Waals surface area contributed by atoms with Crippen LogP contribution in [0, 0.1) is 5.41 Å². The Labute approximate surface area is 132 Å². The van der Waals surface area contributed by atoms with Gasteiger partial charge in [0.1, 0.15) is 5.54 Å². The molecule has 1 aliphatic carbocycles. The summed E-state index contributed by atoms with van der Waals surface area (Å²) in [5.41, 5.74) is -0.188. The van der Waals surface area contributed by atoms with E-state index in [1.54, 1.807) is 11.3 Å². The molecule has 1 N–H and O–H groups in total. The van der Waals surface area contributed by atoms with Gasteiger partial charge in [0, 0.05) is 11.4 Å². The van der Waals surface area contributed by atoms with Crippen molar-refractivity contribution in [3.8, 4) is 0 Å². The van der Waals surface area contributed by atoms with Crippen LogP contribution in [0.3, 0.4) is 0 Å². The molecular weight excluding hydrogens is 282 g/mol. The fourth-order valence-corrected chi connectivity index (χ4v) is 3.71. The van der Waals surface area contributed by atoms with Crippen LogP contribution in [0.4, 0.5) is 0 Å². The van der Waals surface area contributed by atoms with Crippen LogP contribution in [0.2, 0.25) is 0 Å². The molecule has 1 saturated carbocycles. The molecule has 1 aromatic rings. The van der Waals surface area contributed by atoms with Gasteiger partial charge >= 0.3 is 5.97 Å². The Hall–Kier alpha value is -0.870. The van der Waals surface area contributed by atoms with Gasteiger partial charge in [-0.05, 0) is 49.5 Å². The molecule has 0 aromatic carbocycles. The van der Waals surface area contributed by atoms with Gasteiger partial charge in [-0.2, -0.15) is 0 Å². The van der Waals surface area contributed by atoms with Crippen molar-refractivity contribution >= 4 is 17.3 Å². The van der Waals surface area contributed by atoms with Crippen molar-refractivity contribution in [3.63, 3.8) is 0 Å². The lowest BCUT2D eigenvalue weighted by atomic mass is 9.83. The average molecular weight is 309 g/mol. The predicted molar refractivity (Wildman–Crippen MR) is 87.4 cm³/mol. The van der Waals surface area contributed by atoms with Crippen LogP contribution in [0.25, 0.3) is 0 Å². The monoisotopic (exact) mass is 309 g/mol. The van der Waals surface area contributed by atoms with E-state index in [0.29, 0.717) is 12.0 Å². The Kier molecular flexibility index (Phi) is 5.44. The summed E-state index contributed by atoms with van der Waals surface area (Å²) in [6.45, 7) is 7.67. The summed E-state index contributed by atoms with van der Waals surface area (Å²) in [6, 6.07) is 4.16. The molecule has 0 bridgehead atoms. The molecule has 21 heavy (non-hydrogen) atoms. The molecule has 3 nitrogen and oxygen atoms in total. The predicted octanol–water partition coefficient (Wildman–Crippen LogP) is 4.13. The van der Waals surface area contributed by atoms with Crippen LogP contribution in [0.1, 0.15) is 57.8 Å². The topological polar surface area (TPSA) is 38.3 Å². The molecule has 1 aromatic heterocycles. The highest BCUT2D eigenvalue weighted by Crippen LogP contribution is 2.39. The normalized spacial score (nSPS) is 25.3. The summed E-state index contributed by atoms with van der Waals surface area (Å²) in [7, 11) is 0. The lowest BCUT2D eigenvalue weighted by Crippen LogP contribution is -2.52. The minimum atomic E-state index is -0.506. The fraction of sp³-hybridized carbons (Fsp3) is 0.706. The summed E-state index contributed by atoms with van der Waals surface area (Å²) in [4.78, 5) is 13.8. The number of hydrogen-bond acceptors (Lipinski definition) is 4. The molecule has 1 unspecified atom stereocenters. The van der Waals surface area contributed by atoms with E-state index < -0.39 is 5.54 Å². The summed E-state index contributed by atoms with van der Waals surface area (Å²) in [5, 5.41) is 5.61. The molecular formula is C17H27NO2S. The third-order valence-corrected chi connectivity index (χ3v) is 5.41. The molecule has 0 aliphatic heterocycles. The van der Waals surface area contributed by atoms with Gasteiger partial charge in [0.15, 0.2) is 0 Å². The molecule has 0 amide bonds. The second-order valence-corrected chi connectivity index (χ2v) is 7.79. The van der Waals surface area contributed by atoms with Crippen molar-refractivity contribution in [2.24, 2.45) is 5.41 Å². The molecule has 1 fully saturated rings. The van der Waals surface area contributed by atoms with Gasteiger partial charge in [-0.15, -0.1) is 11.3 Å². The Bertz CT molecular complexity index is 455. The second kappa shape index (κ2) is 6.93. The van der Waals surface area contributed by atoms with Crippen molar-refractivity contribution < 1.29 is 9.53 Å². The zero-order chi connectivity index (χ0) is 15.3. The number of esters is 1. The molecule has 0 saturated heterocycles. The quantitative estimate of drug-likeness (QED) is 0.656. The Morgan fingerprint density at radius 1 is 1.33 bits per heavy atom. The molecule has 4 heteroatoms. The highest BCUT2D eigenvalue weighted by Gasteiger charge is 2.42. The molecule has 1 atom stereocenters. The highest BCUT2D eigenvalue weighted by molar-refractivity contribution is 7.09. The minimum absolute atomic E-state index is 0.0701. The smallest absolute Gasteiger partial charge is 0.326 e. The van der Waals surface area contributed by atoms with Crippen LogP contribution in [-0.4, -0.2) is 18.1 Å². The van der Waals surface area contributed by atoms with Crippen molar-refractivity contribution in [1.82, 2.24) is 5.32 Å². The van der Waals surface area contributed by atoms with E-state index in [0.717, 1.165) is 32.2 Å². The number of thiophene rings is 1. The molecule has 118 valence electrons. The third-order valence-electron chi connectivity index (χ3n) is 4.53. The summed E-state index contributed by atoms with van der Waals surface area (Å²) in [6.07, 6.45) is 5.05. The summed E-state index contributed by atoms with van der Waals surface area (Å²) >= 11 is 1.73. The van der Waals surface area contributed by atoms with Crippen molar-refractivity contribution in [3.05, 3.63) is 22.4 Å². The lowest BCUT2D eigenvalue weighted by Gasteiger charge is -2.32. The van der Waals surface area contributed by atoms with Gasteiger partial charge in [0.25, 0.3) is 0 Å². The second-order valence-electron chi connectivity index (χ2n) is 6.75. The number of rotatable bonds is 5. The van der Waals surface area contributed by atoms with Crippen molar-refractivity contribution in [1.29, 1.82) is 0 Å². The maximum atomic E-state index is 12.6. The van der Waals surface area contributed by atoms with E-state index in [-0.39, 0.29) is 5.97 Å². The van der Waals surface area contributed by atoms with Gasteiger partial charge in [0.05, 0.1) is 6.61 Å². The first-order valence-electron chi connectivity index (χ1n) is 7.92. The van der Waals surface area contributed by atoms with Gasteiger partial charge in [-0.25, -0.2) is 0 Å². The Morgan fingerprint density at radius 3 is 2.81 bits per heavy atom. The first-order chi connectivity index (χ1) is 9.97. The SMILES string of the molecule is CCOC(=O)C1(NCc2cccs2)CCCC(C)(C)CC1. The number of ether oxygens (including phenoxy) is 1. The highest BCUT2D eigenvalue weighted by atomic mass is 32.1. The first kappa shape index (κ1) is 16.5. The molecule has 1 heterocycles. The fourth-order valence-electron chi connectivity index (χ4n) is 3.06. The van der Waals surface area contributed by atoms with E-state index in [2.05, 4.69) is 36.7 Å². The minimum Gasteiger partial charge on any atom is -0.465 e. The van der Waals surface area contributed by atoms with Crippen molar-refractivity contribution in [2.45, 2.75) is 65.0 Å². The van der Waals surface area contributed by atoms with E-state index in [9.17, 15) is 4.79 Å². The van der Waals surface area contributed by atoms with E-state index in [4.69, 9.17) is 4.74 Å². The zero-order valence-corrected chi connectivity index (χ0v) is 14.2. The maximum absolute atomic E-state index is 12.6. The van der Waals surface area contributed by atoms with E-state index >= 15 is 0 Å². The van der Waals surface area contributed by atoms with Gasteiger partial charge < -0.3 is 4.74 Å². The van der Waals surface area contributed by atoms with Gasteiger partial charge in [0.2, 0.25) is 0 Å². The van der Waals surface area contributed by atoms with Crippen molar-refractivity contribution in [2.75, 3.05) is 6.61 Å². The zero-order valence-electron chi connectivity index (χ0n) is 13.4. The third kappa shape index (κ3) is 4.30. The summed E-state index contributed by atoms with van der Waals surface area (Å²) < 4.78 is 5.38. The first-order valence-corrected chi connectivity index (χ1v) is 8.80. The summed E-state index contributed by atoms with van der Waals surface area (Å²) in [5.74, 6) is -0.0701. The van der Waals surface area contributed by atoms with Crippen LogP contribution in [0.5, 0.6) is 0 Å². The molecule has 0 radical (unpaired) electrons. The number of nitrogens with one attached hydrogen (secondary N) is 1. The maximum Gasteiger partial charge on any atom is 0.326 e. The average Bonchev–Trinajstić information content (AvgIpc) is 2.89. The Morgan fingerprint density at radius 2 is 2.14 bits per heavy atom. The molecule has 0 spiro atoms. The van der Waals surface area contributed by atoms with Crippen LogP contribution < -0.4 is 5.32 Å². The largest absolute Gasteiger partial charge is 0.465 e. The number of carbonyl (C=O) groups is 1. The van der Waals surface area contributed by atoms with Gasteiger partial charge in [-0.1, -0.05) is 26.3 Å². The van der Waals surface area contributed by atoms with E-state index in [1.165, 1.54) is 11.3 Å². The van der Waals surface area contributed by atoms with Gasteiger partial charge in [-0.3, -0.25) is 10.1 Å². The van der Waals surface area contributed by atoms with Crippen LogP contribution >= 0.6 is 11.3 Å². The molecule has 1 aliphatic rings. The molecule has 2 rings (SSSR count). The van der Waals surface area contributed by atoms with Crippen LogP contribution in [-0.2, 0) is 16.1 Å². The standard InChI is InChI=1S/C17H27NO2S/c1-4-20-15(19)17(18-13-14-7-5-12-21-14)9-6-8-16(2,3)10-11-17/h5,7,12,18H,4,6,8-11,13H2,1-3H3. The van der Waals surface area contributed by atoms with E-state index in [1.807, 2.05) is 6.92 Å². The Balaban J connectivity index is 2.11. The van der Waals surface area contributed by atoms with Crippen LogP contribution in [0.15, 0.2) is 17.5 Å².